The van der Waals surface area contributed by atoms with Gasteiger partial charge in [-0.1, -0.05) is 11.6 Å². The first kappa shape index (κ1) is 12.3. The number of hydrogen-bond donors (Lipinski definition) is 1. The van der Waals surface area contributed by atoms with Gasteiger partial charge in [0.05, 0.1) is 23.9 Å². The van der Waals surface area contributed by atoms with Crippen molar-refractivity contribution in [2.45, 2.75) is 31.3 Å². The zero-order valence-electron chi connectivity index (χ0n) is 9.70. The minimum absolute atomic E-state index is 0.0457. The number of rotatable bonds is 4. The van der Waals surface area contributed by atoms with Crippen LogP contribution in [-0.4, -0.2) is 23.6 Å². The van der Waals surface area contributed by atoms with Crippen LogP contribution in [0.5, 0.6) is 0 Å². The molecule has 1 heterocycles. The molecule has 1 amide bonds. The molecule has 0 saturated heterocycles. The van der Waals surface area contributed by atoms with Crippen LogP contribution < -0.4 is 5.32 Å². The molecule has 0 unspecified atom stereocenters. The number of carbonyl (C=O) groups is 1. The highest BCUT2D eigenvalue weighted by molar-refractivity contribution is 6.29. The third kappa shape index (κ3) is 2.96. The average Bonchev–Trinajstić information content (AvgIpc) is 2.27. The van der Waals surface area contributed by atoms with Crippen molar-refractivity contribution in [3.8, 4) is 0 Å². The van der Waals surface area contributed by atoms with Gasteiger partial charge in [0.2, 0.25) is 5.91 Å². The third-order valence-corrected chi connectivity index (χ3v) is 3.42. The Hall–Kier alpha value is -1.13. The van der Waals surface area contributed by atoms with Crippen molar-refractivity contribution in [1.29, 1.82) is 0 Å². The van der Waals surface area contributed by atoms with Crippen LogP contribution in [0.3, 0.4) is 0 Å². The molecular formula is C12H15ClN2O2. The molecule has 0 aromatic carbocycles. The number of anilines is 1. The average molecular weight is 255 g/mol. The molecule has 0 atom stereocenters. The van der Waals surface area contributed by atoms with E-state index in [1.807, 2.05) is 0 Å². The second-order valence-corrected chi connectivity index (χ2v) is 4.72. The zero-order chi connectivity index (χ0) is 12.3. The minimum atomic E-state index is -0.246. The SMILES string of the molecule is COC1(CC(=O)Nc2ccc(Cl)nc2)CCC1. The van der Waals surface area contributed by atoms with Gasteiger partial charge in [0, 0.05) is 7.11 Å². The van der Waals surface area contributed by atoms with E-state index in [9.17, 15) is 4.79 Å². The molecule has 0 aliphatic heterocycles. The summed E-state index contributed by atoms with van der Waals surface area (Å²) < 4.78 is 5.40. The van der Waals surface area contributed by atoms with Crippen LogP contribution >= 0.6 is 11.6 Å². The first-order valence-corrected chi connectivity index (χ1v) is 5.98. The van der Waals surface area contributed by atoms with Gasteiger partial charge in [-0.05, 0) is 31.4 Å². The van der Waals surface area contributed by atoms with Crippen molar-refractivity contribution in [3.05, 3.63) is 23.5 Å². The highest BCUT2D eigenvalue weighted by Crippen LogP contribution is 2.38. The van der Waals surface area contributed by atoms with E-state index in [0.717, 1.165) is 19.3 Å². The quantitative estimate of drug-likeness (QED) is 0.841. The number of amides is 1. The van der Waals surface area contributed by atoms with Crippen molar-refractivity contribution in [1.82, 2.24) is 4.98 Å². The summed E-state index contributed by atoms with van der Waals surface area (Å²) in [5.41, 5.74) is 0.411. The van der Waals surface area contributed by atoms with Gasteiger partial charge >= 0.3 is 0 Å². The predicted octanol–water partition coefficient (Wildman–Crippen LogP) is 2.63. The maximum atomic E-state index is 11.8. The topological polar surface area (TPSA) is 51.2 Å². The maximum Gasteiger partial charge on any atom is 0.227 e. The van der Waals surface area contributed by atoms with Gasteiger partial charge in [0.1, 0.15) is 5.15 Å². The normalized spacial score (nSPS) is 17.3. The molecule has 92 valence electrons. The van der Waals surface area contributed by atoms with Crippen LogP contribution in [0.4, 0.5) is 5.69 Å². The van der Waals surface area contributed by atoms with E-state index in [1.165, 1.54) is 0 Å². The Kier molecular flexibility index (Phi) is 3.64. The molecule has 1 fully saturated rings. The standard InChI is InChI=1S/C12H15ClN2O2/c1-17-12(5-2-6-12)7-11(16)15-9-3-4-10(13)14-8-9/h3-4,8H,2,5-7H2,1H3,(H,15,16). The Morgan fingerprint density at radius 3 is 2.82 bits per heavy atom. The van der Waals surface area contributed by atoms with Gasteiger partial charge in [-0.3, -0.25) is 4.79 Å². The summed E-state index contributed by atoms with van der Waals surface area (Å²) in [6.07, 6.45) is 4.97. The van der Waals surface area contributed by atoms with Crippen molar-refractivity contribution >= 4 is 23.2 Å². The lowest BCUT2D eigenvalue weighted by Gasteiger charge is -2.39. The molecule has 1 N–H and O–H groups in total. The maximum absolute atomic E-state index is 11.8. The van der Waals surface area contributed by atoms with E-state index in [-0.39, 0.29) is 11.5 Å². The first-order valence-electron chi connectivity index (χ1n) is 5.60. The van der Waals surface area contributed by atoms with Gasteiger partial charge in [-0.15, -0.1) is 0 Å². The van der Waals surface area contributed by atoms with E-state index in [2.05, 4.69) is 10.3 Å². The Morgan fingerprint density at radius 2 is 2.35 bits per heavy atom. The van der Waals surface area contributed by atoms with Crippen molar-refractivity contribution in [2.75, 3.05) is 12.4 Å². The number of hydrogen-bond acceptors (Lipinski definition) is 3. The summed E-state index contributed by atoms with van der Waals surface area (Å²) in [6.45, 7) is 0. The monoisotopic (exact) mass is 254 g/mol. The van der Waals surface area contributed by atoms with Crippen molar-refractivity contribution < 1.29 is 9.53 Å². The molecule has 1 aliphatic rings. The number of halogens is 1. The molecular weight excluding hydrogens is 240 g/mol. The lowest BCUT2D eigenvalue weighted by molar-refractivity contribution is -0.129. The van der Waals surface area contributed by atoms with E-state index in [1.54, 1.807) is 25.4 Å². The van der Waals surface area contributed by atoms with Crippen LogP contribution in [0.15, 0.2) is 18.3 Å². The molecule has 0 radical (unpaired) electrons. The zero-order valence-corrected chi connectivity index (χ0v) is 10.5. The number of ether oxygens (including phenoxy) is 1. The lowest BCUT2D eigenvalue weighted by atomic mass is 9.77. The van der Waals surface area contributed by atoms with E-state index in [0.29, 0.717) is 17.3 Å². The third-order valence-electron chi connectivity index (χ3n) is 3.19. The number of nitrogens with zero attached hydrogens (tertiary/aromatic N) is 1. The van der Waals surface area contributed by atoms with Crippen molar-refractivity contribution in [2.24, 2.45) is 0 Å². The number of nitrogens with one attached hydrogen (secondary N) is 1. The molecule has 1 aromatic heterocycles. The molecule has 1 aromatic rings. The predicted molar refractivity (Wildman–Crippen MR) is 66.1 cm³/mol. The molecule has 0 bridgehead atoms. The largest absolute Gasteiger partial charge is 0.378 e. The Balaban J connectivity index is 1.91. The smallest absolute Gasteiger partial charge is 0.227 e. The highest BCUT2D eigenvalue weighted by atomic mass is 35.5. The van der Waals surface area contributed by atoms with Gasteiger partial charge in [0.25, 0.3) is 0 Å². The van der Waals surface area contributed by atoms with Crippen LogP contribution in [-0.2, 0) is 9.53 Å². The van der Waals surface area contributed by atoms with Crippen LogP contribution in [0.2, 0.25) is 5.15 Å². The van der Waals surface area contributed by atoms with Gasteiger partial charge < -0.3 is 10.1 Å². The fourth-order valence-electron chi connectivity index (χ4n) is 1.97. The second-order valence-electron chi connectivity index (χ2n) is 4.34. The molecule has 1 saturated carbocycles. The van der Waals surface area contributed by atoms with E-state index < -0.39 is 0 Å². The van der Waals surface area contributed by atoms with Crippen LogP contribution in [0.1, 0.15) is 25.7 Å². The number of pyridine rings is 1. The summed E-state index contributed by atoms with van der Waals surface area (Å²) >= 11 is 5.66. The molecule has 4 nitrogen and oxygen atoms in total. The minimum Gasteiger partial charge on any atom is -0.378 e. The molecule has 5 heteroatoms. The molecule has 0 spiro atoms. The van der Waals surface area contributed by atoms with E-state index in [4.69, 9.17) is 16.3 Å². The van der Waals surface area contributed by atoms with Crippen LogP contribution in [0, 0.1) is 0 Å². The number of aromatic nitrogens is 1. The lowest BCUT2D eigenvalue weighted by Crippen LogP contribution is -2.42. The summed E-state index contributed by atoms with van der Waals surface area (Å²) in [5, 5.41) is 3.20. The molecule has 2 rings (SSSR count). The summed E-state index contributed by atoms with van der Waals surface area (Å²) in [5.74, 6) is -0.0457. The fraction of sp³-hybridized carbons (Fsp3) is 0.500. The summed E-state index contributed by atoms with van der Waals surface area (Å²) in [4.78, 5) is 15.7. The summed E-state index contributed by atoms with van der Waals surface area (Å²) in [6, 6.07) is 3.38. The fourth-order valence-corrected chi connectivity index (χ4v) is 2.08. The number of carbonyl (C=O) groups excluding carboxylic acids is 1. The van der Waals surface area contributed by atoms with Crippen LogP contribution in [0.25, 0.3) is 0 Å². The summed E-state index contributed by atoms with van der Waals surface area (Å²) in [7, 11) is 1.66. The Morgan fingerprint density at radius 1 is 1.59 bits per heavy atom. The Labute approximate surface area is 105 Å². The van der Waals surface area contributed by atoms with Gasteiger partial charge in [-0.2, -0.15) is 0 Å². The van der Waals surface area contributed by atoms with E-state index >= 15 is 0 Å². The molecule has 1 aliphatic carbocycles. The molecule has 17 heavy (non-hydrogen) atoms. The number of methoxy groups -OCH3 is 1. The highest BCUT2D eigenvalue weighted by Gasteiger charge is 2.38. The van der Waals surface area contributed by atoms with Gasteiger partial charge in [-0.25, -0.2) is 4.98 Å². The second kappa shape index (κ2) is 5.02. The van der Waals surface area contributed by atoms with Crippen molar-refractivity contribution in [3.63, 3.8) is 0 Å². The Bertz CT molecular complexity index is 396. The first-order chi connectivity index (χ1) is 8.13. The van der Waals surface area contributed by atoms with Gasteiger partial charge in [0.15, 0.2) is 0 Å².